The maximum atomic E-state index is 11.7. The van der Waals surface area contributed by atoms with E-state index in [9.17, 15) is 4.79 Å². The number of nitrogens with zero attached hydrogens (tertiary/aromatic N) is 3. The molecule has 0 unspecified atom stereocenters. The molecule has 5 heteroatoms. The zero-order valence-electron chi connectivity index (χ0n) is 22.6. The minimum Gasteiger partial charge on any atom is -0.427 e. The van der Waals surface area contributed by atoms with Crippen molar-refractivity contribution in [2.24, 2.45) is 5.10 Å². The average Bonchev–Trinajstić information content (AvgIpc) is 3.01. The van der Waals surface area contributed by atoms with Crippen molar-refractivity contribution in [3.8, 4) is 5.75 Å². The van der Waals surface area contributed by atoms with E-state index in [1.165, 1.54) is 5.56 Å². The third-order valence-electron chi connectivity index (χ3n) is 6.38. The summed E-state index contributed by atoms with van der Waals surface area (Å²) in [5.74, 6) is 0.283. The number of benzene rings is 5. The zero-order chi connectivity index (χ0) is 27.7. The molecule has 40 heavy (non-hydrogen) atoms. The SMILES string of the molecule is CCC(=O)Oc1ccc(N(c2ccc(C)cc2)c2ccc(C=NN(c3ccccc3)c3ccccc3)cc2)cc1. The smallest absolute Gasteiger partial charge is 0.310 e. The van der Waals surface area contributed by atoms with Gasteiger partial charge in [-0.2, -0.15) is 5.10 Å². The second-order valence-electron chi connectivity index (χ2n) is 9.31. The van der Waals surface area contributed by atoms with Crippen molar-refractivity contribution in [2.75, 3.05) is 9.91 Å². The van der Waals surface area contributed by atoms with E-state index in [2.05, 4.69) is 60.4 Å². The van der Waals surface area contributed by atoms with Gasteiger partial charge in [0.05, 0.1) is 17.6 Å². The lowest BCUT2D eigenvalue weighted by atomic mass is 10.1. The Labute approximate surface area is 235 Å². The number of carbonyl (C=O) groups is 1. The topological polar surface area (TPSA) is 45.1 Å². The lowest BCUT2D eigenvalue weighted by molar-refractivity contribution is -0.134. The summed E-state index contributed by atoms with van der Waals surface area (Å²) in [6.07, 6.45) is 2.21. The average molecular weight is 526 g/mol. The summed E-state index contributed by atoms with van der Waals surface area (Å²) in [7, 11) is 0. The summed E-state index contributed by atoms with van der Waals surface area (Å²) in [5, 5.41) is 6.76. The van der Waals surface area contributed by atoms with E-state index >= 15 is 0 Å². The van der Waals surface area contributed by atoms with Crippen molar-refractivity contribution in [3.05, 3.63) is 145 Å². The molecule has 0 bridgehead atoms. The third-order valence-corrected chi connectivity index (χ3v) is 6.38. The molecule has 198 valence electrons. The van der Waals surface area contributed by atoms with E-state index in [0.29, 0.717) is 12.2 Å². The molecule has 0 saturated heterocycles. The minimum absolute atomic E-state index is 0.251. The maximum Gasteiger partial charge on any atom is 0.310 e. The highest BCUT2D eigenvalue weighted by Gasteiger charge is 2.13. The molecule has 5 aromatic rings. The lowest BCUT2D eigenvalue weighted by Crippen LogP contribution is -2.11. The molecule has 0 saturated carbocycles. The normalized spacial score (nSPS) is 10.8. The van der Waals surface area contributed by atoms with Crippen LogP contribution in [0.25, 0.3) is 0 Å². The third kappa shape index (κ3) is 6.45. The van der Waals surface area contributed by atoms with Gasteiger partial charge in [0.1, 0.15) is 5.75 Å². The largest absolute Gasteiger partial charge is 0.427 e. The molecule has 0 heterocycles. The summed E-state index contributed by atoms with van der Waals surface area (Å²) >= 11 is 0. The fourth-order valence-electron chi connectivity index (χ4n) is 4.26. The molecule has 0 amide bonds. The Kier molecular flexibility index (Phi) is 8.32. The second kappa shape index (κ2) is 12.6. The van der Waals surface area contributed by atoms with Crippen LogP contribution in [0.5, 0.6) is 5.75 Å². The Morgan fingerprint density at radius 2 is 1.12 bits per heavy atom. The maximum absolute atomic E-state index is 11.7. The summed E-state index contributed by atoms with van der Waals surface area (Å²) in [6.45, 7) is 3.86. The van der Waals surface area contributed by atoms with Crippen molar-refractivity contribution < 1.29 is 9.53 Å². The first kappa shape index (κ1) is 26.4. The van der Waals surface area contributed by atoms with E-state index in [-0.39, 0.29) is 5.97 Å². The van der Waals surface area contributed by atoms with Gasteiger partial charge in [-0.3, -0.25) is 4.79 Å². The number of ether oxygens (including phenoxy) is 1. The van der Waals surface area contributed by atoms with Crippen LogP contribution in [0.2, 0.25) is 0 Å². The first-order chi connectivity index (χ1) is 19.6. The van der Waals surface area contributed by atoms with E-state index < -0.39 is 0 Å². The Hall–Kier alpha value is -5.16. The molecule has 0 N–H and O–H groups in total. The lowest BCUT2D eigenvalue weighted by Gasteiger charge is -2.26. The molecule has 5 rings (SSSR count). The molecule has 0 spiro atoms. The highest BCUT2D eigenvalue weighted by Crippen LogP contribution is 2.35. The van der Waals surface area contributed by atoms with Crippen molar-refractivity contribution >= 4 is 40.6 Å². The Morgan fingerprint density at radius 3 is 1.62 bits per heavy atom. The van der Waals surface area contributed by atoms with E-state index in [4.69, 9.17) is 9.84 Å². The quantitative estimate of drug-likeness (QED) is 0.0834. The molecular weight excluding hydrogens is 494 g/mol. The highest BCUT2D eigenvalue weighted by atomic mass is 16.5. The predicted octanol–water partition coefficient (Wildman–Crippen LogP) is 8.95. The Bertz CT molecular complexity index is 1510. The molecule has 0 radical (unpaired) electrons. The number of anilines is 5. The number of carbonyl (C=O) groups excluding carboxylic acids is 1. The number of hydrogen-bond acceptors (Lipinski definition) is 5. The van der Waals surface area contributed by atoms with Crippen molar-refractivity contribution in [1.29, 1.82) is 0 Å². The van der Waals surface area contributed by atoms with Crippen LogP contribution in [-0.2, 0) is 4.79 Å². The predicted molar refractivity (Wildman–Crippen MR) is 164 cm³/mol. The van der Waals surface area contributed by atoms with Gasteiger partial charge in [-0.05, 0) is 85.3 Å². The van der Waals surface area contributed by atoms with Crippen LogP contribution >= 0.6 is 0 Å². The van der Waals surface area contributed by atoms with Gasteiger partial charge in [0.25, 0.3) is 0 Å². The van der Waals surface area contributed by atoms with Crippen molar-refractivity contribution in [2.45, 2.75) is 20.3 Å². The summed E-state index contributed by atoms with van der Waals surface area (Å²) < 4.78 is 5.38. The molecule has 5 nitrogen and oxygen atoms in total. The van der Waals surface area contributed by atoms with Crippen LogP contribution in [0, 0.1) is 6.92 Å². The monoisotopic (exact) mass is 525 g/mol. The van der Waals surface area contributed by atoms with Crippen molar-refractivity contribution in [1.82, 2.24) is 0 Å². The zero-order valence-corrected chi connectivity index (χ0v) is 22.6. The van der Waals surface area contributed by atoms with Crippen LogP contribution < -0.4 is 14.6 Å². The molecule has 5 aromatic carbocycles. The highest BCUT2D eigenvalue weighted by molar-refractivity contribution is 5.84. The first-order valence-electron chi connectivity index (χ1n) is 13.3. The number of esters is 1. The standard InChI is InChI=1S/C35H31N3O2/c1-3-35(39)40-34-24-22-31(23-25-34)37(29-18-14-27(2)15-19-29)30-20-16-28(17-21-30)26-36-38(32-10-6-4-7-11-32)33-12-8-5-9-13-33/h4-26H,3H2,1-2H3. The number of rotatable bonds is 9. The molecule has 0 aromatic heterocycles. The van der Waals surface area contributed by atoms with Gasteiger partial charge < -0.3 is 9.64 Å². The summed E-state index contributed by atoms with van der Waals surface area (Å²) in [4.78, 5) is 13.9. The Morgan fingerprint density at radius 1 is 0.650 bits per heavy atom. The van der Waals surface area contributed by atoms with E-state index in [0.717, 1.165) is 34.0 Å². The van der Waals surface area contributed by atoms with Gasteiger partial charge in [-0.25, -0.2) is 5.01 Å². The van der Waals surface area contributed by atoms with Crippen LogP contribution in [0.4, 0.5) is 28.4 Å². The molecule has 0 fully saturated rings. The van der Waals surface area contributed by atoms with Gasteiger partial charge in [-0.1, -0.05) is 73.2 Å². The first-order valence-corrected chi connectivity index (χ1v) is 13.3. The van der Waals surface area contributed by atoms with Crippen LogP contribution in [0.1, 0.15) is 24.5 Å². The van der Waals surface area contributed by atoms with Gasteiger partial charge in [-0.15, -0.1) is 0 Å². The molecule has 0 aliphatic rings. The van der Waals surface area contributed by atoms with E-state index in [1.807, 2.05) is 96.2 Å². The summed E-state index contributed by atoms with van der Waals surface area (Å²) in [5.41, 5.74) is 7.14. The fourth-order valence-corrected chi connectivity index (χ4v) is 4.26. The molecule has 0 atom stereocenters. The Balaban J connectivity index is 1.44. The van der Waals surface area contributed by atoms with Crippen LogP contribution in [0.15, 0.2) is 139 Å². The summed E-state index contributed by atoms with van der Waals surface area (Å²) in [6, 6.07) is 44.5. The number of hydrazone groups is 1. The number of hydrogen-bond donors (Lipinski definition) is 0. The van der Waals surface area contributed by atoms with Gasteiger partial charge in [0.2, 0.25) is 0 Å². The molecular formula is C35H31N3O2. The second-order valence-corrected chi connectivity index (χ2v) is 9.31. The van der Waals surface area contributed by atoms with Gasteiger partial charge in [0.15, 0.2) is 0 Å². The van der Waals surface area contributed by atoms with Gasteiger partial charge in [0, 0.05) is 23.5 Å². The van der Waals surface area contributed by atoms with Gasteiger partial charge >= 0.3 is 5.97 Å². The van der Waals surface area contributed by atoms with Crippen LogP contribution in [0.3, 0.4) is 0 Å². The fraction of sp³-hybridized carbons (Fsp3) is 0.0857. The van der Waals surface area contributed by atoms with Crippen LogP contribution in [-0.4, -0.2) is 12.2 Å². The number of aryl methyl sites for hydroxylation is 1. The molecule has 0 aliphatic carbocycles. The van der Waals surface area contributed by atoms with Crippen molar-refractivity contribution in [3.63, 3.8) is 0 Å². The molecule has 0 aliphatic heterocycles. The minimum atomic E-state index is -0.251. The van der Waals surface area contributed by atoms with E-state index in [1.54, 1.807) is 6.92 Å². The number of para-hydroxylation sites is 2.